The minimum Gasteiger partial charge on any atom is -0.496 e. The average molecular weight is 351 g/mol. The third kappa shape index (κ3) is 3.94. The number of nitrogens with two attached hydrogens (primary N) is 1. The quantitative estimate of drug-likeness (QED) is 0.503. The predicted octanol–water partition coefficient (Wildman–Crippen LogP) is 5.47. The Morgan fingerprint density at radius 3 is 2.62 bits per heavy atom. The van der Waals surface area contributed by atoms with E-state index < -0.39 is 0 Å². The number of hydrogen-bond acceptors (Lipinski definition) is 2. The first-order valence-electron chi connectivity index (χ1n) is 9.75. The predicted molar refractivity (Wildman–Crippen MR) is 111 cm³/mol. The van der Waals surface area contributed by atoms with Gasteiger partial charge in [0, 0.05) is 16.5 Å². The molecule has 0 saturated carbocycles. The smallest absolute Gasteiger partial charge is 0.128 e. The molecule has 3 aromatic rings. The van der Waals surface area contributed by atoms with Crippen molar-refractivity contribution in [1.29, 1.82) is 0 Å². The Hall–Kier alpha value is -2.26. The molecule has 0 bridgehead atoms. The highest BCUT2D eigenvalue weighted by molar-refractivity contribution is 5.92. The van der Waals surface area contributed by atoms with Crippen LogP contribution in [0, 0.1) is 0 Å². The Bertz CT molecular complexity index is 851. The van der Waals surface area contributed by atoms with Crippen LogP contribution in [0.3, 0.4) is 0 Å². The number of unbranched alkanes of at least 4 members (excludes halogenated alkanes) is 2. The molecule has 2 aromatic carbocycles. The molecule has 3 rings (SSSR count). The number of aryl methyl sites for hydroxylation is 2. The number of ether oxygens (including phenoxy) is 1. The highest BCUT2D eigenvalue weighted by atomic mass is 16.5. The molecule has 0 aliphatic carbocycles. The molecule has 0 radical (unpaired) electrons. The SMILES string of the molecule is CCCCc1ccc2[nH]c(-c3ccccc3OC)c(CCCCN)c2c1. The molecule has 3 nitrogen and oxygen atoms in total. The van der Waals surface area contributed by atoms with Crippen LogP contribution in [0.2, 0.25) is 0 Å². The number of para-hydroxylation sites is 1. The van der Waals surface area contributed by atoms with Crippen molar-refractivity contribution in [2.24, 2.45) is 5.73 Å². The second-order valence-corrected chi connectivity index (χ2v) is 6.91. The second-order valence-electron chi connectivity index (χ2n) is 6.91. The van der Waals surface area contributed by atoms with Crippen LogP contribution in [0.4, 0.5) is 0 Å². The monoisotopic (exact) mass is 350 g/mol. The summed E-state index contributed by atoms with van der Waals surface area (Å²) in [6.45, 7) is 2.99. The molecule has 138 valence electrons. The van der Waals surface area contributed by atoms with Gasteiger partial charge in [0.05, 0.1) is 12.8 Å². The van der Waals surface area contributed by atoms with Gasteiger partial charge in [0.1, 0.15) is 5.75 Å². The van der Waals surface area contributed by atoms with Crippen molar-refractivity contribution in [2.75, 3.05) is 13.7 Å². The molecule has 0 atom stereocenters. The largest absolute Gasteiger partial charge is 0.496 e. The Labute approximate surface area is 156 Å². The minimum atomic E-state index is 0.744. The fourth-order valence-electron chi connectivity index (χ4n) is 3.62. The van der Waals surface area contributed by atoms with Crippen LogP contribution in [-0.2, 0) is 12.8 Å². The van der Waals surface area contributed by atoms with Crippen LogP contribution in [0.25, 0.3) is 22.2 Å². The zero-order valence-electron chi connectivity index (χ0n) is 16.0. The summed E-state index contributed by atoms with van der Waals surface area (Å²) in [6.07, 6.45) is 6.78. The summed E-state index contributed by atoms with van der Waals surface area (Å²) >= 11 is 0. The number of methoxy groups -OCH3 is 1. The van der Waals surface area contributed by atoms with E-state index in [4.69, 9.17) is 10.5 Å². The number of nitrogens with one attached hydrogen (secondary N) is 1. The van der Waals surface area contributed by atoms with E-state index in [1.807, 2.05) is 12.1 Å². The number of rotatable bonds is 9. The lowest BCUT2D eigenvalue weighted by Crippen LogP contribution is -1.99. The first-order chi connectivity index (χ1) is 12.8. The van der Waals surface area contributed by atoms with Gasteiger partial charge in [-0.25, -0.2) is 0 Å². The summed E-state index contributed by atoms with van der Waals surface area (Å²) in [5.74, 6) is 0.908. The maximum absolute atomic E-state index is 5.73. The molecular formula is C23H30N2O. The van der Waals surface area contributed by atoms with Gasteiger partial charge in [0.2, 0.25) is 0 Å². The molecule has 3 heteroatoms. The maximum atomic E-state index is 5.73. The summed E-state index contributed by atoms with van der Waals surface area (Å²) < 4.78 is 5.61. The fourth-order valence-corrected chi connectivity index (χ4v) is 3.62. The molecule has 1 heterocycles. The molecule has 1 aromatic heterocycles. The number of aromatic nitrogens is 1. The minimum absolute atomic E-state index is 0.744. The molecule has 0 aliphatic heterocycles. The molecule has 26 heavy (non-hydrogen) atoms. The molecule has 3 N–H and O–H groups in total. The van der Waals surface area contributed by atoms with Gasteiger partial charge >= 0.3 is 0 Å². The Morgan fingerprint density at radius 1 is 1.00 bits per heavy atom. The van der Waals surface area contributed by atoms with Crippen LogP contribution in [0.1, 0.15) is 43.7 Å². The van der Waals surface area contributed by atoms with Gasteiger partial charge in [0.15, 0.2) is 0 Å². The van der Waals surface area contributed by atoms with E-state index in [9.17, 15) is 0 Å². The van der Waals surface area contributed by atoms with Crippen molar-refractivity contribution in [1.82, 2.24) is 4.98 Å². The van der Waals surface area contributed by atoms with Crippen LogP contribution in [-0.4, -0.2) is 18.6 Å². The Morgan fingerprint density at radius 2 is 1.85 bits per heavy atom. The summed E-state index contributed by atoms with van der Waals surface area (Å²) in [5.41, 5.74) is 12.0. The molecule has 0 spiro atoms. The molecule has 0 saturated heterocycles. The van der Waals surface area contributed by atoms with Gasteiger partial charge in [-0.1, -0.05) is 31.5 Å². The van der Waals surface area contributed by atoms with Gasteiger partial charge in [-0.3, -0.25) is 0 Å². The fraction of sp³-hybridized carbons (Fsp3) is 0.391. The molecule has 0 fully saturated rings. The van der Waals surface area contributed by atoms with E-state index in [2.05, 4.69) is 42.2 Å². The lowest BCUT2D eigenvalue weighted by Gasteiger charge is -2.10. The van der Waals surface area contributed by atoms with E-state index >= 15 is 0 Å². The third-order valence-electron chi connectivity index (χ3n) is 5.05. The maximum Gasteiger partial charge on any atom is 0.128 e. The second kappa shape index (κ2) is 8.91. The summed E-state index contributed by atoms with van der Waals surface area (Å²) in [7, 11) is 1.73. The van der Waals surface area contributed by atoms with E-state index in [0.717, 1.165) is 43.5 Å². The number of aromatic amines is 1. The number of H-pyrrole nitrogens is 1. The van der Waals surface area contributed by atoms with Crippen LogP contribution < -0.4 is 10.5 Å². The van der Waals surface area contributed by atoms with Crippen molar-refractivity contribution in [2.45, 2.75) is 45.4 Å². The first kappa shape index (κ1) is 18.5. The molecule has 0 amide bonds. The number of fused-ring (bicyclic) bond motifs is 1. The van der Waals surface area contributed by atoms with E-state index in [1.54, 1.807) is 7.11 Å². The highest BCUT2D eigenvalue weighted by Gasteiger charge is 2.16. The van der Waals surface area contributed by atoms with Crippen molar-refractivity contribution >= 4 is 10.9 Å². The number of benzene rings is 2. The van der Waals surface area contributed by atoms with E-state index in [0.29, 0.717) is 0 Å². The van der Waals surface area contributed by atoms with Gasteiger partial charge in [0.25, 0.3) is 0 Å². The lowest BCUT2D eigenvalue weighted by atomic mass is 9.98. The van der Waals surface area contributed by atoms with Crippen LogP contribution in [0.5, 0.6) is 5.75 Å². The van der Waals surface area contributed by atoms with Crippen molar-refractivity contribution in [3.8, 4) is 17.0 Å². The third-order valence-corrected chi connectivity index (χ3v) is 5.05. The summed E-state index contributed by atoms with van der Waals surface area (Å²) in [4.78, 5) is 3.65. The van der Waals surface area contributed by atoms with Gasteiger partial charge in [-0.15, -0.1) is 0 Å². The topological polar surface area (TPSA) is 51.0 Å². The normalized spacial score (nSPS) is 11.2. The van der Waals surface area contributed by atoms with Gasteiger partial charge in [-0.05, 0) is 74.0 Å². The van der Waals surface area contributed by atoms with Crippen LogP contribution >= 0.6 is 0 Å². The van der Waals surface area contributed by atoms with Gasteiger partial charge in [-0.2, -0.15) is 0 Å². The average Bonchev–Trinajstić information content (AvgIpc) is 3.04. The summed E-state index contributed by atoms with van der Waals surface area (Å²) in [6, 6.07) is 15.1. The van der Waals surface area contributed by atoms with Crippen molar-refractivity contribution in [3.05, 3.63) is 53.6 Å². The van der Waals surface area contributed by atoms with E-state index in [-0.39, 0.29) is 0 Å². The molecule has 0 unspecified atom stereocenters. The highest BCUT2D eigenvalue weighted by Crippen LogP contribution is 2.36. The first-order valence-corrected chi connectivity index (χ1v) is 9.75. The summed E-state index contributed by atoms with van der Waals surface area (Å²) in [5, 5.41) is 1.34. The lowest BCUT2D eigenvalue weighted by molar-refractivity contribution is 0.416. The van der Waals surface area contributed by atoms with E-state index in [1.165, 1.54) is 40.6 Å². The Kier molecular flexibility index (Phi) is 6.35. The number of hydrogen-bond donors (Lipinski definition) is 2. The molecule has 0 aliphatic rings. The Balaban J connectivity index is 2.09. The van der Waals surface area contributed by atoms with Gasteiger partial charge < -0.3 is 15.5 Å². The zero-order chi connectivity index (χ0) is 18.4. The van der Waals surface area contributed by atoms with Crippen molar-refractivity contribution in [3.63, 3.8) is 0 Å². The van der Waals surface area contributed by atoms with Crippen LogP contribution in [0.15, 0.2) is 42.5 Å². The molecular weight excluding hydrogens is 320 g/mol. The zero-order valence-corrected chi connectivity index (χ0v) is 16.0. The standard InChI is InChI=1S/C23H30N2O/c1-3-4-9-17-13-14-21-20(16-17)18(10-7-8-15-24)23(25-21)19-11-5-6-12-22(19)26-2/h5-6,11-14,16,25H,3-4,7-10,15,24H2,1-2H3. The van der Waals surface area contributed by atoms with Crippen molar-refractivity contribution < 1.29 is 4.74 Å².